The molecular weight excluding hydrogens is 418 g/mol. The minimum atomic E-state index is -0.236. The van der Waals surface area contributed by atoms with E-state index < -0.39 is 0 Å². The van der Waals surface area contributed by atoms with Crippen LogP contribution in [0, 0.1) is 4.77 Å². The monoisotopic (exact) mass is 439 g/mol. The van der Waals surface area contributed by atoms with Crippen molar-refractivity contribution in [3.05, 3.63) is 128 Å². The molecule has 1 aliphatic heterocycles. The third-order valence-electron chi connectivity index (χ3n) is 5.46. The highest BCUT2D eigenvalue weighted by atomic mass is 32.1. The number of fused-ring (bicyclic) bond motifs is 1. The molecule has 3 aromatic carbocycles. The van der Waals surface area contributed by atoms with E-state index in [1.807, 2.05) is 84.9 Å². The van der Waals surface area contributed by atoms with Gasteiger partial charge in [0.1, 0.15) is 18.2 Å². The lowest BCUT2D eigenvalue weighted by Gasteiger charge is -2.25. The van der Waals surface area contributed by atoms with Crippen molar-refractivity contribution in [3.63, 3.8) is 0 Å². The molecule has 2 heterocycles. The summed E-state index contributed by atoms with van der Waals surface area (Å²) in [6.07, 6.45) is 2.07. The van der Waals surface area contributed by atoms with Gasteiger partial charge in [-0.15, -0.1) is 0 Å². The van der Waals surface area contributed by atoms with Gasteiger partial charge in [0.05, 0.1) is 5.56 Å². The molecule has 158 valence electrons. The molecule has 1 aliphatic rings. The highest BCUT2D eigenvalue weighted by molar-refractivity contribution is 7.71. The van der Waals surface area contributed by atoms with Gasteiger partial charge in [0, 0.05) is 11.6 Å². The van der Waals surface area contributed by atoms with Gasteiger partial charge < -0.3 is 15.0 Å². The number of hydrogen-bond donors (Lipinski definition) is 3. The summed E-state index contributed by atoms with van der Waals surface area (Å²) in [6.45, 7) is 0.505. The van der Waals surface area contributed by atoms with Gasteiger partial charge in [-0.2, -0.15) is 0 Å². The summed E-state index contributed by atoms with van der Waals surface area (Å²) in [5, 5.41) is 3.34. The molecule has 0 amide bonds. The Morgan fingerprint density at radius 1 is 0.844 bits per heavy atom. The molecule has 0 radical (unpaired) electrons. The molecule has 5 rings (SSSR count). The topological polar surface area (TPSA) is 69.9 Å². The molecule has 6 heteroatoms. The number of anilines is 1. The number of rotatable bonds is 5. The van der Waals surface area contributed by atoms with E-state index in [1.165, 1.54) is 0 Å². The molecule has 1 unspecified atom stereocenters. The summed E-state index contributed by atoms with van der Waals surface area (Å²) in [5.41, 5.74) is 4.46. The maximum atomic E-state index is 12.8. The Balaban J connectivity index is 1.49. The Labute approximate surface area is 190 Å². The quantitative estimate of drug-likeness (QED) is 0.354. The predicted molar refractivity (Wildman–Crippen MR) is 129 cm³/mol. The highest BCUT2D eigenvalue weighted by Gasteiger charge is 2.26. The Morgan fingerprint density at radius 2 is 1.53 bits per heavy atom. The smallest absolute Gasteiger partial charge is 0.257 e. The number of nitrogens with one attached hydrogen (secondary N) is 3. The van der Waals surface area contributed by atoms with Crippen molar-refractivity contribution in [2.75, 3.05) is 5.32 Å². The molecule has 4 aromatic rings. The van der Waals surface area contributed by atoms with Crippen molar-refractivity contribution in [2.45, 2.75) is 12.5 Å². The molecule has 0 spiro atoms. The van der Waals surface area contributed by atoms with Gasteiger partial charge in [-0.1, -0.05) is 72.8 Å². The molecule has 0 aliphatic carbocycles. The van der Waals surface area contributed by atoms with Gasteiger partial charge in [-0.3, -0.25) is 9.78 Å². The molecule has 1 aromatic heterocycles. The van der Waals surface area contributed by atoms with Crippen LogP contribution in [0.15, 0.2) is 95.8 Å². The van der Waals surface area contributed by atoms with Crippen LogP contribution in [0.2, 0.25) is 0 Å². The average molecular weight is 440 g/mol. The SMILES string of the molecule is O=c1[nH]c(=S)[nH]c2c1C(c1ccc(OCc3ccccc3)cc1)C=C(c1ccccc1)N2. The zero-order valence-corrected chi connectivity index (χ0v) is 18.0. The predicted octanol–water partition coefficient (Wildman–Crippen LogP) is 5.61. The van der Waals surface area contributed by atoms with Gasteiger partial charge in [-0.05, 0) is 47.1 Å². The lowest BCUT2D eigenvalue weighted by atomic mass is 9.88. The Hall–Kier alpha value is -3.90. The average Bonchev–Trinajstić information content (AvgIpc) is 2.83. The minimum Gasteiger partial charge on any atom is -0.489 e. The van der Waals surface area contributed by atoms with E-state index in [1.54, 1.807) is 0 Å². The van der Waals surface area contributed by atoms with Crippen LogP contribution < -0.4 is 15.6 Å². The maximum Gasteiger partial charge on any atom is 0.257 e. The van der Waals surface area contributed by atoms with Crippen LogP contribution in [0.3, 0.4) is 0 Å². The van der Waals surface area contributed by atoms with E-state index in [9.17, 15) is 4.79 Å². The summed E-state index contributed by atoms with van der Waals surface area (Å²) in [7, 11) is 0. The van der Waals surface area contributed by atoms with Crippen molar-refractivity contribution >= 4 is 23.7 Å². The van der Waals surface area contributed by atoms with Crippen LogP contribution in [-0.4, -0.2) is 9.97 Å². The van der Waals surface area contributed by atoms with Crippen LogP contribution in [0.5, 0.6) is 5.75 Å². The largest absolute Gasteiger partial charge is 0.489 e. The van der Waals surface area contributed by atoms with Crippen molar-refractivity contribution in [1.29, 1.82) is 0 Å². The molecule has 5 nitrogen and oxygen atoms in total. The van der Waals surface area contributed by atoms with Crippen LogP contribution in [0.25, 0.3) is 5.70 Å². The molecule has 0 fully saturated rings. The molecule has 0 bridgehead atoms. The highest BCUT2D eigenvalue weighted by Crippen LogP contribution is 2.36. The molecular formula is C26H21N3O2S. The summed E-state index contributed by atoms with van der Waals surface area (Å²) in [5.74, 6) is 1.16. The first-order valence-electron chi connectivity index (χ1n) is 10.3. The number of aromatic nitrogens is 2. The van der Waals surface area contributed by atoms with Gasteiger partial charge in [-0.25, -0.2) is 0 Å². The fourth-order valence-electron chi connectivity index (χ4n) is 3.88. The Kier molecular flexibility index (Phi) is 5.44. The molecule has 3 N–H and O–H groups in total. The van der Waals surface area contributed by atoms with E-state index in [2.05, 4.69) is 21.4 Å². The van der Waals surface area contributed by atoms with E-state index in [0.29, 0.717) is 22.8 Å². The zero-order chi connectivity index (χ0) is 21.9. The minimum absolute atomic E-state index is 0.200. The van der Waals surface area contributed by atoms with Crippen molar-refractivity contribution in [2.24, 2.45) is 0 Å². The second kappa shape index (κ2) is 8.69. The first-order chi connectivity index (χ1) is 15.7. The Bertz CT molecular complexity index is 1370. The van der Waals surface area contributed by atoms with E-state index in [4.69, 9.17) is 17.0 Å². The van der Waals surface area contributed by atoms with E-state index in [-0.39, 0.29) is 11.5 Å². The number of ether oxygens (including phenoxy) is 1. The fraction of sp³-hybridized carbons (Fsp3) is 0.0769. The standard InChI is InChI=1S/C26H21N3O2S/c30-25-23-21(18-11-13-20(14-12-18)31-16-17-7-3-1-4-8-17)15-22(19-9-5-2-6-10-19)27-24(23)28-26(32)29-25/h1-15,21H,16H2,(H3,27,28,29,30,32). The second-order valence-electron chi connectivity index (χ2n) is 7.59. The lowest BCUT2D eigenvalue weighted by molar-refractivity contribution is 0.306. The third-order valence-corrected chi connectivity index (χ3v) is 5.66. The van der Waals surface area contributed by atoms with E-state index in [0.717, 1.165) is 28.1 Å². The van der Waals surface area contributed by atoms with Gasteiger partial charge in [0.2, 0.25) is 0 Å². The molecule has 1 atom stereocenters. The number of aromatic amines is 2. The number of allylic oxidation sites excluding steroid dienone is 1. The fourth-order valence-corrected chi connectivity index (χ4v) is 4.07. The normalized spacial score (nSPS) is 14.8. The third kappa shape index (κ3) is 4.13. The summed E-state index contributed by atoms with van der Waals surface area (Å²) >= 11 is 5.20. The van der Waals surface area contributed by atoms with Crippen LogP contribution in [0.1, 0.15) is 28.2 Å². The number of benzene rings is 3. The molecule has 32 heavy (non-hydrogen) atoms. The van der Waals surface area contributed by atoms with E-state index >= 15 is 0 Å². The molecule has 0 saturated carbocycles. The van der Waals surface area contributed by atoms with Crippen molar-refractivity contribution in [1.82, 2.24) is 9.97 Å². The first-order valence-corrected chi connectivity index (χ1v) is 10.8. The number of H-pyrrole nitrogens is 2. The van der Waals surface area contributed by atoms with Crippen molar-refractivity contribution < 1.29 is 4.74 Å². The van der Waals surface area contributed by atoms with Crippen LogP contribution in [0.4, 0.5) is 5.82 Å². The second-order valence-corrected chi connectivity index (χ2v) is 8.00. The summed E-state index contributed by atoms with van der Waals surface area (Å²) in [6, 6.07) is 27.9. The van der Waals surface area contributed by atoms with Crippen LogP contribution >= 0.6 is 12.2 Å². The first kappa shape index (κ1) is 20.0. The lowest BCUT2D eigenvalue weighted by Crippen LogP contribution is -2.24. The summed E-state index contributed by atoms with van der Waals surface area (Å²) in [4.78, 5) is 18.6. The zero-order valence-electron chi connectivity index (χ0n) is 17.2. The van der Waals surface area contributed by atoms with Gasteiger partial charge in [0.25, 0.3) is 5.56 Å². The number of hydrogen-bond acceptors (Lipinski definition) is 4. The van der Waals surface area contributed by atoms with Crippen LogP contribution in [-0.2, 0) is 6.61 Å². The van der Waals surface area contributed by atoms with Crippen molar-refractivity contribution in [3.8, 4) is 5.75 Å². The summed E-state index contributed by atoms with van der Waals surface area (Å²) < 4.78 is 6.21. The molecule has 0 saturated heterocycles. The van der Waals surface area contributed by atoms with Gasteiger partial charge >= 0.3 is 0 Å². The maximum absolute atomic E-state index is 12.8. The van der Waals surface area contributed by atoms with Gasteiger partial charge in [0.15, 0.2) is 4.77 Å². The Morgan fingerprint density at radius 3 is 2.25 bits per heavy atom.